The smallest absolute Gasteiger partial charge is 0.174 e. The van der Waals surface area contributed by atoms with Gasteiger partial charge in [-0.2, -0.15) is 0 Å². The molecule has 0 amide bonds. The maximum Gasteiger partial charge on any atom is 0.174 e. The molecule has 7 heteroatoms. The van der Waals surface area contributed by atoms with Gasteiger partial charge in [0.1, 0.15) is 11.5 Å². The number of rotatable bonds is 6. The molecule has 33 heavy (non-hydrogen) atoms. The number of benzene rings is 1. The minimum Gasteiger partial charge on any atom is -0.497 e. The molecule has 1 aromatic carbocycles. The summed E-state index contributed by atoms with van der Waals surface area (Å²) >= 11 is 5.88. The molecule has 172 valence electrons. The molecule has 2 aromatic heterocycles. The van der Waals surface area contributed by atoms with E-state index in [9.17, 15) is 0 Å². The number of hydrogen-bond acceptors (Lipinski definition) is 4. The molecule has 2 aliphatic rings. The number of methoxy groups -OCH3 is 2. The molecule has 2 atom stereocenters. The van der Waals surface area contributed by atoms with Gasteiger partial charge in [0.25, 0.3) is 0 Å². The van der Waals surface area contributed by atoms with Crippen molar-refractivity contribution >= 4 is 23.0 Å². The van der Waals surface area contributed by atoms with Gasteiger partial charge in [0, 0.05) is 30.7 Å². The molecule has 1 N–H and O–H groups in total. The van der Waals surface area contributed by atoms with Gasteiger partial charge in [-0.3, -0.25) is 4.98 Å². The summed E-state index contributed by atoms with van der Waals surface area (Å²) in [7, 11) is 3.35. The van der Waals surface area contributed by atoms with Gasteiger partial charge in [0.05, 0.1) is 37.7 Å². The lowest BCUT2D eigenvalue weighted by Crippen LogP contribution is -2.29. The Kier molecular flexibility index (Phi) is 6.22. The molecule has 5 rings (SSSR count). The highest BCUT2D eigenvalue weighted by molar-refractivity contribution is 7.80. The molecule has 1 aliphatic carbocycles. The lowest BCUT2D eigenvalue weighted by molar-refractivity contribution is 0.353. The van der Waals surface area contributed by atoms with Crippen molar-refractivity contribution in [3.05, 3.63) is 72.3 Å². The predicted octanol–water partition coefficient (Wildman–Crippen LogP) is 5.58. The highest BCUT2D eigenvalue weighted by Crippen LogP contribution is 2.46. The lowest BCUT2D eigenvalue weighted by Gasteiger charge is -2.29. The molecule has 0 spiro atoms. The summed E-state index contributed by atoms with van der Waals surface area (Å²) in [6, 6.07) is 14.5. The number of anilines is 1. The van der Waals surface area contributed by atoms with Gasteiger partial charge < -0.3 is 24.3 Å². The third-order valence-corrected chi connectivity index (χ3v) is 7.13. The van der Waals surface area contributed by atoms with Crippen molar-refractivity contribution in [2.75, 3.05) is 19.1 Å². The van der Waals surface area contributed by atoms with Crippen LogP contribution in [0.4, 0.5) is 5.69 Å². The van der Waals surface area contributed by atoms with E-state index in [4.69, 9.17) is 21.7 Å². The molecular weight excluding hydrogens is 432 g/mol. The van der Waals surface area contributed by atoms with Crippen LogP contribution in [-0.2, 0) is 0 Å². The summed E-state index contributed by atoms with van der Waals surface area (Å²) < 4.78 is 13.6. The normalized spacial score (nSPS) is 21.2. The van der Waals surface area contributed by atoms with Gasteiger partial charge in [-0.25, -0.2) is 0 Å². The standard InChI is InChI=1S/C26H30N4O2S/c1-31-20-11-12-23(32-2)22(16-20)30-25(24(28-26(30)33)21-10-6-7-14-27-21)18-13-15-29(17-18)19-8-4-3-5-9-19/h6-7,10-17,19,24-25H,3-5,8-9H2,1-2H3,(H,28,33). The van der Waals surface area contributed by atoms with Crippen LogP contribution in [0.15, 0.2) is 61.1 Å². The molecular formula is C26H30N4O2S. The molecule has 1 saturated carbocycles. The first-order valence-corrected chi connectivity index (χ1v) is 12.0. The second-order valence-corrected chi connectivity index (χ2v) is 9.10. The Hall–Kier alpha value is -3.06. The number of thiocarbonyl (C=S) groups is 1. The summed E-state index contributed by atoms with van der Waals surface area (Å²) in [6.45, 7) is 0. The van der Waals surface area contributed by atoms with E-state index < -0.39 is 0 Å². The first kappa shape index (κ1) is 21.8. The molecule has 0 bridgehead atoms. The van der Waals surface area contributed by atoms with Crippen molar-refractivity contribution in [1.29, 1.82) is 0 Å². The quantitative estimate of drug-likeness (QED) is 0.483. The van der Waals surface area contributed by atoms with Crippen molar-refractivity contribution < 1.29 is 9.47 Å². The summed E-state index contributed by atoms with van der Waals surface area (Å²) in [5, 5.41) is 4.18. The third kappa shape index (κ3) is 4.17. The average Bonchev–Trinajstić information content (AvgIpc) is 3.49. The SMILES string of the molecule is COc1ccc(OC)c(N2C(=S)NC(c3ccccn3)C2c2ccn(C3CCCCC3)c2)c1. The van der Waals surface area contributed by atoms with Crippen molar-refractivity contribution in [3.8, 4) is 11.5 Å². The lowest BCUT2D eigenvalue weighted by atomic mass is 9.95. The maximum absolute atomic E-state index is 5.88. The predicted molar refractivity (Wildman–Crippen MR) is 134 cm³/mol. The molecule has 0 radical (unpaired) electrons. The van der Waals surface area contributed by atoms with E-state index in [0.29, 0.717) is 11.2 Å². The van der Waals surface area contributed by atoms with E-state index in [1.54, 1.807) is 14.2 Å². The van der Waals surface area contributed by atoms with E-state index in [1.165, 1.54) is 37.7 Å². The van der Waals surface area contributed by atoms with Crippen LogP contribution in [-0.4, -0.2) is 28.9 Å². The first-order valence-electron chi connectivity index (χ1n) is 11.6. The Morgan fingerprint density at radius 2 is 1.88 bits per heavy atom. The fourth-order valence-corrected chi connectivity index (χ4v) is 5.49. The van der Waals surface area contributed by atoms with E-state index in [2.05, 4.69) is 44.3 Å². The average molecular weight is 463 g/mol. The zero-order chi connectivity index (χ0) is 22.8. The Balaban J connectivity index is 1.59. The number of ether oxygens (including phenoxy) is 2. The molecule has 2 fully saturated rings. The first-order chi connectivity index (χ1) is 16.2. The molecule has 1 saturated heterocycles. The maximum atomic E-state index is 5.88. The summed E-state index contributed by atoms with van der Waals surface area (Å²) in [5.74, 6) is 1.51. The van der Waals surface area contributed by atoms with Crippen molar-refractivity contribution in [2.45, 2.75) is 50.2 Å². The molecule has 1 aliphatic heterocycles. The molecule has 2 unspecified atom stereocenters. The second kappa shape index (κ2) is 9.43. The van der Waals surface area contributed by atoms with Gasteiger partial charge in [-0.1, -0.05) is 25.3 Å². The Morgan fingerprint density at radius 1 is 1.03 bits per heavy atom. The fourth-order valence-electron chi connectivity index (χ4n) is 5.15. The van der Waals surface area contributed by atoms with Gasteiger partial charge >= 0.3 is 0 Å². The van der Waals surface area contributed by atoms with Gasteiger partial charge in [0.2, 0.25) is 0 Å². The Morgan fingerprint density at radius 3 is 2.61 bits per heavy atom. The summed E-state index contributed by atoms with van der Waals surface area (Å²) in [4.78, 5) is 6.81. The minimum absolute atomic E-state index is 0.0711. The van der Waals surface area contributed by atoms with Gasteiger partial charge in [-0.05, 0) is 61.0 Å². The van der Waals surface area contributed by atoms with Gasteiger partial charge in [-0.15, -0.1) is 0 Å². The number of hydrogen-bond donors (Lipinski definition) is 1. The van der Waals surface area contributed by atoms with E-state index in [0.717, 1.165) is 22.9 Å². The van der Waals surface area contributed by atoms with Crippen LogP contribution in [0, 0.1) is 0 Å². The van der Waals surface area contributed by atoms with Crippen LogP contribution in [0.3, 0.4) is 0 Å². The zero-order valence-electron chi connectivity index (χ0n) is 19.1. The number of aromatic nitrogens is 2. The van der Waals surface area contributed by atoms with Crippen LogP contribution in [0.2, 0.25) is 0 Å². The van der Waals surface area contributed by atoms with Crippen LogP contribution in [0.1, 0.15) is 61.5 Å². The largest absolute Gasteiger partial charge is 0.497 e. The highest BCUT2D eigenvalue weighted by Gasteiger charge is 2.42. The zero-order valence-corrected chi connectivity index (χ0v) is 19.9. The van der Waals surface area contributed by atoms with Crippen molar-refractivity contribution in [2.24, 2.45) is 0 Å². The molecule has 3 heterocycles. The Bertz CT molecular complexity index is 1110. The number of nitrogens with zero attached hydrogens (tertiary/aromatic N) is 3. The Labute approximate surface area is 200 Å². The monoisotopic (exact) mass is 462 g/mol. The van der Waals surface area contributed by atoms with Crippen molar-refractivity contribution in [3.63, 3.8) is 0 Å². The van der Waals surface area contributed by atoms with E-state index >= 15 is 0 Å². The number of nitrogens with one attached hydrogen (secondary N) is 1. The topological polar surface area (TPSA) is 51.6 Å². The number of pyridine rings is 1. The summed E-state index contributed by atoms with van der Waals surface area (Å²) in [6.07, 6.45) is 12.8. The van der Waals surface area contributed by atoms with E-state index in [-0.39, 0.29) is 12.1 Å². The second-order valence-electron chi connectivity index (χ2n) is 8.72. The van der Waals surface area contributed by atoms with Crippen LogP contribution >= 0.6 is 12.2 Å². The van der Waals surface area contributed by atoms with Crippen LogP contribution < -0.4 is 19.7 Å². The summed E-state index contributed by atoms with van der Waals surface area (Å²) in [5.41, 5.74) is 3.04. The fraction of sp³-hybridized carbons (Fsp3) is 0.385. The third-order valence-electron chi connectivity index (χ3n) is 6.82. The minimum atomic E-state index is -0.0863. The highest BCUT2D eigenvalue weighted by atomic mass is 32.1. The molecule has 6 nitrogen and oxygen atoms in total. The van der Waals surface area contributed by atoms with Crippen molar-refractivity contribution in [1.82, 2.24) is 14.9 Å². The molecule has 3 aromatic rings. The van der Waals surface area contributed by atoms with Crippen LogP contribution in [0.25, 0.3) is 0 Å². The van der Waals surface area contributed by atoms with E-state index in [1.807, 2.05) is 36.5 Å². The van der Waals surface area contributed by atoms with Crippen LogP contribution in [0.5, 0.6) is 11.5 Å². The van der Waals surface area contributed by atoms with Gasteiger partial charge in [0.15, 0.2) is 5.11 Å².